The van der Waals surface area contributed by atoms with Crippen LogP contribution in [0.2, 0.25) is 0 Å². The first kappa shape index (κ1) is 16.7. The van der Waals surface area contributed by atoms with Crippen LogP contribution in [0.4, 0.5) is 0 Å². The van der Waals surface area contributed by atoms with Gasteiger partial charge < -0.3 is 14.6 Å². The van der Waals surface area contributed by atoms with Gasteiger partial charge in [0.1, 0.15) is 5.75 Å². The molecule has 0 radical (unpaired) electrons. The average molecular weight is 348 g/mol. The summed E-state index contributed by atoms with van der Waals surface area (Å²) < 4.78 is 5.31. The number of fused-ring (bicyclic) bond motifs is 1. The molecule has 0 aliphatic carbocycles. The molecule has 1 aliphatic heterocycles. The van der Waals surface area contributed by atoms with Gasteiger partial charge in [-0.2, -0.15) is 0 Å². The molecule has 4 heteroatoms. The Morgan fingerprint density at radius 3 is 2.62 bits per heavy atom. The zero-order valence-corrected chi connectivity index (χ0v) is 15.3. The van der Waals surface area contributed by atoms with E-state index in [0.29, 0.717) is 5.92 Å². The van der Waals surface area contributed by atoms with E-state index in [1.54, 1.807) is 7.11 Å². The number of likely N-dealkylation sites (tertiary alicyclic amines) is 1. The van der Waals surface area contributed by atoms with Gasteiger partial charge in [-0.3, -0.25) is 4.79 Å². The van der Waals surface area contributed by atoms with Gasteiger partial charge in [-0.1, -0.05) is 18.2 Å². The Hall–Kier alpha value is -2.75. The van der Waals surface area contributed by atoms with E-state index in [1.165, 1.54) is 11.1 Å². The molecule has 0 spiro atoms. The van der Waals surface area contributed by atoms with E-state index in [2.05, 4.69) is 23.2 Å². The van der Waals surface area contributed by atoms with Crippen molar-refractivity contribution < 1.29 is 9.53 Å². The summed E-state index contributed by atoms with van der Waals surface area (Å²) in [6.45, 7) is 3.60. The summed E-state index contributed by atoms with van der Waals surface area (Å²) in [6, 6.07) is 16.2. The first-order valence-corrected chi connectivity index (χ1v) is 9.17. The first-order valence-electron chi connectivity index (χ1n) is 9.17. The Bertz CT molecular complexity index is 936. The van der Waals surface area contributed by atoms with Crippen LogP contribution in [0, 0.1) is 6.92 Å². The molecular weight excluding hydrogens is 324 g/mol. The Balaban J connectivity index is 1.46. The number of H-pyrrole nitrogens is 1. The number of hydrogen-bond acceptors (Lipinski definition) is 2. The number of rotatable bonds is 3. The number of piperidine rings is 1. The van der Waals surface area contributed by atoms with E-state index in [1.807, 2.05) is 42.2 Å². The molecule has 1 N–H and O–H groups in total. The molecule has 4 nitrogen and oxygen atoms in total. The van der Waals surface area contributed by atoms with E-state index in [9.17, 15) is 4.79 Å². The predicted molar refractivity (Wildman–Crippen MR) is 104 cm³/mol. The van der Waals surface area contributed by atoms with E-state index in [0.717, 1.165) is 48.3 Å². The lowest BCUT2D eigenvalue weighted by Gasteiger charge is -2.32. The van der Waals surface area contributed by atoms with E-state index >= 15 is 0 Å². The van der Waals surface area contributed by atoms with Crippen molar-refractivity contribution in [1.82, 2.24) is 9.88 Å². The van der Waals surface area contributed by atoms with Crippen LogP contribution in [-0.2, 0) is 0 Å². The molecule has 1 aromatic heterocycles. The van der Waals surface area contributed by atoms with Crippen LogP contribution in [0.3, 0.4) is 0 Å². The predicted octanol–water partition coefficient (Wildman–Crippen LogP) is 4.50. The van der Waals surface area contributed by atoms with Crippen LogP contribution in [0.1, 0.15) is 40.4 Å². The summed E-state index contributed by atoms with van der Waals surface area (Å²) in [4.78, 5) is 18.3. The van der Waals surface area contributed by atoms with Gasteiger partial charge in [0.15, 0.2) is 0 Å². The number of aryl methyl sites for hydroxylation is 1. The number of nitrogens with zero attached hydrogens (tertiary/aromatic N) is 1. The monoisotopic (exact) mass is 348 g/mol. The molecule has 2 aromatic carbocycles. The van der Waals surface area contributed by atoms with Gasteiger partial charge in [0.05, 0.1) is 7.11 Å². The summed E-state index contributed by atoms with van der Waals surface area (Å²) in [5.41, 5.74) is 4.27. The molecule has 0 unspecified atom stereocenters. The Morgan fingerprint density at radius 2 is 1.88 bits per heavy atom. The standard InChI is InChI=1S/C22H24N2O2/c1-15-5-3-4-6-19(15)22(25)24-11-9-16(10-12-24)21-14-17-13-18(26-2)7-8-20(17)23-21/h3-8,13-14,16,23H,9-12H2,1-2H3. The fraction of sp³-hybridized carbons (Fsp3) is 0.318. The number of carbonyl (C=O) groups is 1. The lowest BCUT2D eigenvalue weighted by molar-refractivity contribution is 0.0711. The number of aromatic amines is 1. The van der Waals surface area contributed by atoms with E-state index in [4.69, 9.17) is 4.74 Å². The van der Waals surface area contributed by atoms with Crippen LogP contribution in [0.25, 0.3) is 10.9 Å². The highest BCUT2D eigenvalue weighted by Gasteiger charge is 2.26. The molecule has 0 saturated carbocycles. The van der Waals surface area contributed by atoms with Crippen molar-refractivity contribution in [1.29, 1.82) is 0 Å². The number of nitrogens with one attached hydrogen (secondary N) is 1. The molecule has 3 aromatic rings. The number of hydrogen-bond donors (Lipinski definition) is 1. The maximum absolute atomic E-state index is 12.8. The summed E-state index contributed by atoms with van der Waals surface area (Å²) >= 11 is 0. The number of amides is 1. The van der Waals surface area contributed by atoms with Crippen molar-refractivity contribution in [2.75, 3.05) is 20.2 Å². The van der Waals surface area contributed by atoms with Crippen molar-refractivity contribution in [3.05, 3.63) is 65.4 Å². The van der Waals surface area contributed by atoms with Crippen molar-refractivity contribution in [2.45, 2.75) is 25.7 Å². The summed E-state index contributed by atoms with van der Waals surface area (Å²) in [5, 5.41) is 1.18. The van der Waals surface area contributed by atoms with Gasteiger partial charge in [-0.25, -0.2) is 0 Å². The third kappa shape index (κ3) is 3.07. The van der Waals surface area contributed by atoms with Gasteiger partial charge in [0.25, 0.3) is 5.91 Å². The molecule has 134 valence electrons. The number of aromatic nitrogens is 1. The summed E-state index contributed by atoms with van der Waals surface area (Å²) in [7, 11) is 1.69. The molecule has 1 aliphatic rings. The molecule has 1 saturated heterocycles. The minimum Gasteiger partial charge on any atom is -0.497 e. The highest BCUT2D eigenvalue weighted by molar-refractivity contribution is 5.95. The van der Waals surface area contributed by atoms with Crippen molar-refractivity contribution in [3.63, 3.8) is 0 Å². The first-order chi connectivity index (χ1) is 12.7. The summed E-state index contributed by atoms with van der Waals surface area (Å²) in [6.07, 6.45) is 1.98. The largest absolute Gasteiger partial charge is 0.497 e. The normalized spacial score (nSPS) is 15.4. The summed E-state index contributed by atoms with van der Waals surface area (Å²) in [5.74, 6) is 1.50. The van der Waals surface area contributed by atoms with Gasteiger partial charge in [-0.05, 0) is 55.7 Å². The van der Waals surface area contributed by atoms with Gasteiger partial charge in [0.2, 0.25) is 0 Å². The zero-order chi connectivity index (χ0) is 18.1. The second-order valence-corrected chi connectivity index (χ2v) is 7.06. The van der Waals surface area contributed by atoms with Crippen LogP contribution in [0.15, 0.2) is 48.5 Å². The van der Waals surface area contributed by atoms with Crippen LogP contribution < -0.4 is 4.74 Å². The maximum atomic E-state index is 12.8. The molecule has 4 rings (SSSR count). The lowest BCUT2D eigenvalue weighted by Crippen LogP contribution is -2.38. The lowest BCUT2D eigenvalue weighted by atomic mass is 9.93. The molecular formula is C22H24N2O2. The van der Waals surface area contributed by atoms with Gasteiger partial charge >= 0.3 is 0 Å². The van der Waals surface area contributed by atoms with E-state index in [-0.39, 0.29) is 5.91 Å². The number of ether oxygens (including phenoxy) is 1. The zero-order valence-electron chi connectivity index (χ0n) is 15.3. The number of methoxy groups -OCH3 is 1. The number of carbonyl (C=O) groups excluding carboxylic acids is 1. The third-order valence-electron chi connectivity index (χ3n) is 5.45. The maximum Gasteiger partial charge on any atom is 0.254 e. The molecule has 0 atom stereocenters. The second kappa shape index (κ2) is 6.87. The van der Waals surface area contributed by atoms with Crippen molar-refractivity contribution in [2.24, 2.45) is 0 Å². The quantitative estimate of drug-likeness (QED) is 0.757. The minimum atomic E-state index is 0.155. The fourth-order valence-electron chi connectivity index (χ4n) is 3.86. The van der Waals surface area contributed by atoms with Crippen molar-refractivity contribution >= 4 is 16.8 Å². The second-order valence-electron chi connectivity index (χ2n) is 7.06. The van der Waals surface area contributed by atoms with Crippen LogP contribution in [-0.4, -0.2) is 36.0 Å². The fourth-order valence-corrected chi connectivity index (χ4v) is 3.86. The van der Waals surface area contributed by atoms with Crippen molar-refractivity contribution in [3.8, 4) is 5.75 Å². The smallest absolute Gasteiger partial charge is 0.254 e. The highest BCUT2D eigenvalue weighted by atomic mass is 16.5. The van der Waals surface area contributed by atoms with Gasteiger partial charge in [0, 0.05) is 41.2 Å². The van der Waals surface area contributed by atoms with Crippen LogP contribution in [0.5, 0.6) is 5.75 Å². The Morgan fingerprint density at radius 1 is 1.12 bits per heavy atom. The molecule has 26 heavy (non-hydrogen) atoms. The SMILES string of the molecule is COc1ccc2[nH]c(C3CCN(C(=O)c4ccccc4C)CC3)cc2c1. The molecule has 2 heterocycles. The Kier molecular flexibility index (Phi) is 4.41. The van der Waals surface area contributed by atoms with Gasteiger partial charge in [-0.15, -0.1) is 0 Å². The topological polar surface area (TPSA) is 45.3 Å². The Labute approximate surface area is 153 Å². The van der Waals surface area contributed by atoms with Crippen LogP contribution >= 0.6 is 0 Å². The molecule has 1 fully saturated rings. The number of benzene rings is 2. The minimum absolute atomic E-state index is 0.155. The average Bonchev–Trinajstić information content (AvgIpc) is 3.11. The third-order valence-corrected chi connectivity index (χ3v) is 5.45. The highest BCUT2D eigenvalue weighted by Crippen LogP contribution is 2.31. The van der Waals surface area contributed by atoms with E-state index < -0.39 is 0 Å². The molecule has 0 bridgehead atoms. The molecule has 1 amide bonds.